The van der Waals surface area contributed by atoms with E-state index in [0.29, 0.717) is 5.92 Å². The predicted octanol–water partition coefficient (Wildman–Crippen LogP) is 4.74. The average molecular weight is 198 g/mol. The van der Waals surface area contributed by atoms with Crippen LogP contribution >= 0.6 is 0 Å². The Bertz CT molecular complexity index is 442. The van der Waals surface area contributed by atoms with Gasteiger partial charge in [-0.25, -0.2) is 0 Å². The molecule has 0 fully saturated rings. The number of fused-ring (bicyclic) bond motifs is 1. The fourth-order valence-corrected chi connectivity index (χ4v) is 2.11. The van der Waals surface area contributed by atoms with Crippen LogP contribution in [0.2, 0.25) is 0 Å². The Morgan fingerprint density at radius 2 is 1.73 bits per heavy atom. The Kier molecular flexibility index (Phi) is 3.05. The molecule has 1 atom stereocenters. The molecule has 1 unspecified atom stereocenters. The number of hydrogen-bond acceptors (Lipinski definition) is 0. The zero-order valence-corrected chi connectivity index (χ0v) is 9.53. The van der Waals surface area contributed by atoms with E-state index >= 15 is 0 Å². The van der Waals surface area contributed by atoms with E-state index in [0.717, 1.165) is 0 Å². The summed E-state index contributed by atoms with van der Waals surface area (Å²) in [4.78, 5) is 0. The Morgan fingerprint density at radius 3 is 2.47 bits per heavy atom. The van der Waals surface area contributed by atoms with Crippen LogP contribution in [0.4, 0.5) is 0 Å². The van der Waals surface area contributed by atoms with E-state index in [1.807, 2.05) is 0 Å². The third-order valence-corrected chi connectivity index (χ3v) is 3.06. The molecule has 15 heavy (non-hydrogen) atoms. The van der Waals surface area contributed by atoms with Gasteiger partial charge in [-0.2, -0.15) is 0 Å². The van der Waals surface area contributed by atoms with Crippen molar-refractivity contribution in [1.29, 1.82) is 0 Å². The third-order valence-electron chi connectivity index (χ3n) is 3.06. The highest BCUT2D eigenvalue weighted by molar-refractivity contribution is 5.83. The lowest BCUT2D eigenvalue weighted by atomic mass is 9.94. The minimum absolute atomic E-state index is 0.680. The van der Waals surface area contributed by atoms with Crippen molar-refractivity contribution in [2.45, 2.75) is 32.6 Å². The van der Waals surface area contributed by atoms with Crippen molar-refractivity contribution in [3.63, 3.8) is 0 Å². The van der Waals surface area contributed by atoms with Crippen LogP contribution in [0.3, 0.4) is 0 Å². The summed E-state index contributed by atoms with van der Waals surface area (Å²) >= 11 is 0. The molecule has 2 aromatic rings. The van der Waals surface area contributed by atoms with Gasteiger partial charge in [0.2, 0.25) is 0 Å². The van der Waals surface area contributed by atoms with E-state index in [2.05, 4.69) is 56.3 Å². The highest BCUT2D eigenvalue weighted by Crippen LogP contribution is 2.24. The van der Waals surface area contributed by atoms with Crippen molar-refractivity contribution in [3.05, 3.63) is 48.0 Å². The maximum Gasteiger partial charge on any atom is -0.0181 e. The number of hydrogen-bond donors (Lipinski definition) is 0. The van der Waals surface area contributed by atoms with Gasteiger partial charge in [0, 0.05) is 0 Å². The molecule has 0 saturated heterocycles. The molecule has 0 heterocycles. The maximum atomic E-state index is 2.33. The van der Waals surface area contributed by atoms with Crippen molar-refractivity contribution in [2.24, 2.45) is 0 Å². The van der Waals surface area contributed by atoms with E-state index in [4.69, 9.17) is 0 Å². The molecule has 0 nitrogen and oxygen atoms in total. The van der Waals surface area contributed by atoms with Gasteiger partial charge in [0.1, 0.15) is 0 Å². The minimum atomic E-state index is 0.680. The van der Waals surface area contributed by atoms with Gasteiger partial charge >= 0.3 is 0 Å². The van der Waals surface area contributed by atoms with Crippen molar-refractivity contribution in [3.8, 4) is 0 Å². The number of benzene rings is 2. The average Bonchev–Trinajstić information content (AvgIpc) is 2.29. The quantitative estimate of drug-likeness (QED) is 0.668. The number of rotatable bonds is 3. The minimum Gasteiger partial charge on any atom is -0.0654 e. The molecule has 0 heteroatoms. The summed E-state index contributed by atoms with van der Waals surface area (Å²) < 4.78 is 0. The second-order valence-corrected chi connectivity index (χ2v) is 4.30. The van der Waals surface area contributed by atoms with E-state index in [1.54, 1.807) is 0 Å². The zero-order chi connectivity index (χ0) is 10.7. The van der Waals surface area contributed by atoms with Gasteiger partial charge in [-0.1, -0.05) is 62.7 Å². The fraction of sp³-hybridized carbons (Fsp3) is 0.333. The second kappa shape index (κ2) is 4.48. The van der Waals surface area contributed by atoms with Gasteiger partial charge in [0.25, 0.3) is 0 Å². The summed E-state index contributed by atoms with van der Waals surface area (Å²) in [6, 6.07) is 15.4. The van der Waals surface area contributed by atoms with Crippen LogP contribution in [0.25, 0.3) is 10.8 Å². The summed E-state index contributed by atoms with van der Waals surface area (Å²) in [5.41, 5.74) is 1.47. The van der Waals surface area contributed by atoms with Crippen molar-refractivity contribution in [2.75, 3.05) is 0 Å². The first-order valence-corrected chi connectivity index (χ1v) is 5.80. The lowest BCUT2D eigenvalue weighted by Gasteiger charge is -2.11. The molecule has 0 spiro atoms. The van der Waals surface area contributed by atoms with Crippen LogP contribution < -0.4 is 0 Å². The molecule has 2 aromatic carbocycles. The van der Waals surface area contributed by atoms with E-state index in [-0.39, 0.29) is 0 Å². The van der Waals surface area contributed by atoms with E-state index in [9.17, 15) is 0 Å². The van der Waals surface area contributed by atoms with Gasteiger partial charge in [-0.3, -0.25) is 0 Å². The molecule has 0 aromatic heterocycles. The molecule has 0 N–H and O–H groups in total. The molecular weight excluding hydrogens is 180 g/mol. The smallest absolute Gasteiger partial charge is 0.0181 e. The molecule has 0 bridgehead atoms. The van der Waals surface area contributed by atoms with Crippen molar-refractivity contribution in [1.82, 2.24) is 0 Å². The van der Waals surface area contributed by atoms with Crippen molar-refractivity contribution < 1.29 is 0 Å². The van der Waals surface area contributed by atoms with Crippen LogP contribution in [0.5, 0.6) is 0 Å². The van der Waals surface area contributed by atoms with Crippen LogP contribution in [0, 0.1) is 0 Å². The largest absolute Gasteiger partial charge is 0.0654 e. The van der Waals surface area contributed by atoms with E-state index < -0.39 is 0 Å². The summed E-state index contributed by atoms with van der Waals surface area (Å²) in [6.07, 6.45) is 2.53. The van der Waals surface area contributed by atoms with Gasteiger partial charge in [-0.15, -0.1) is 0 Å². The first kappa shape index (κ1) is 10.2. The summed E-state index contributed by atoms with van der Waals surface area (Å²) in [5, 5.41) is 2.70. The van der Waals surface area contributed by atoms with Crippen LogP contribution in [0.15, 0.2) is 42.5 Å². The summed E-state index contributed by atoms with van der Waals surface area (Å²) in [5.74, 6) is 0.680. The second-order valence-electron chi connectivity index (χ2n) is 4.30. The molecule has 78 valence electrons. The Morgan fingerprint density at radius 1 is 1.00 bits per heavy atom. The highest BCUT2D eigenvalue weighted by Gasteiger charge is 2.04. The van der Waals surface area contributed by atoms with Gasteiger partial charge < -0.3 is 0 Å². The first-order valence-electron chi connectivity index (χ1n) is 5.80. The Labute approximate surface area is 91.9 Å². The molecule has 0 saturated carbocycles. The summed E-state index contributed by atoms with van der Waals surface area (Å²) in [6.45, 7) is 4.56. The normalized spacial score (nSPS) is 12.9. The van der Waals surface area contributed by atoms with E-state index in [1.165, 1.54) is 29.2 Å². The van der Waals surface area contributed by atoms with Gasteiger partial charge in [-0.05, 0) is 28.7 Å². The first-order chi connectivity index (χ1) is 7.31. The van der Waals surface area contributed by atoms with Crippen LogP contribution in [-0.4, -0.2) is 0 Å². The third kappa shape index (κ3) is 2.20. The molecule has 2 rings (SSSR count). The molecule has 0 aliphatic carbocycles. The van der Waals surface area contributed by atoms with Crippen LogP contribution in [-0.2, 0) is 0 Å². The zero-order valence-electron chi connectivity index (χ0n) is 9.53. The molecule has 0 amide bonds. The van der Waals surface area contributed by atoms with Gasteiger partial charge in [0.05, 0.1) is 0 Å². The SMILES string of the molecule is CCCC(C)c1ccc2ccccc2c1. The highest BCUT2D eigenvalue weighted by atomic mass is 14.1. The lowest BCUT2D eigenvalue weighted by molar-refractivity contribution is 0.665. The molecule has 0 aliphatic heterocycles. The standard InChI is InChI=1S/C15H18/c1-3-6-12(2)14-10-9-13-7-4-5-8-15(13)11-14/h4-5,7-12H,3,6H2,1-2H3. The fourth-order valence-electron chi connectivity index (χ4n) is 2.11. The van der Waals surface area contributed by atoms with Crippen molar-refractivity contribution >= 4 is 10.8 Å². The molecular formula is C15H18. The topological polar surface area (TPSA) is 0 Å². The summed E-state index contributed by atoms with van der Waals surface area (Å²) in [7, 11) is 0. The Balaban J connectivity index is 2.38. The van der Waals surface area contributed by atoms with Gasteiger partial charge in [0.15, 0.2) is 0 Å². The predicted molar refractivity (Wildman–Crippen MR) is 67.3 cm³/mol. The monoisotopic (exact) mass is 198 g/mol. The van der Waals surface area contributed by atoms with Crippen LogP contribution in [0.1, 0.15) is 38.2 Å². The lowest BCUT2D eigenvalue weighted by Crippen LogP contribution is -1.92. The molecule has 0 aliphatic rings. The maximum absolute atomic E-state index is 2.33. The molecule has 0 radical (unpaired) electrons. The Hall–Kier alpha value is -1.30.